The maximum absolute atomic E-state index is 11.5. The number of benzene rings is 1. The Kier molecular flexibility index (Phi) is 2.72. The Morgan fingerprint density at radius 3 is 2.38 bits per heavy atom. The van der Waals surface area contributed by atoms with E-state index in [9.17, 15) is 9.90 Å². The third-order valence-electron chi connectivity index (χ3n) is 3.45. The van der Waals surface area contributed by atoms with Gasteiger partial charge in [0.15, 0.2) is 0 Å². The van der Waals surface area contributed by atoms with Crippen molar-refractivity contribution in [2.45, 2.75) is 19.4 Å². The van der Waals surface area contributed by atoms with Crippen LogP contribution < -0.4 is 0 Å². The molecule has 0 aromatic heterocycles. The summed E-state index contributed by atoms with van der Waals surface area (Å²) in [4.78, 5) is 13.5. The van der Waals surface area contributed by atoms with Crippen LogP contribution in [-0.2, 0) is 10.3 Å². The van der Waals surface area contributed by atoms with E-state index in [2.05, 4.69) is 6.92 Å². The molecule has 1 aliphatic heterocycles. The Morgan fingerprint density at radius 2 is 1.94 bits per heavy atom. The Morgan fingerprint density at radius 1 is 1.38 bits per heavy atom. The second-order valence-corrected chi connectivity index (χ2v) is 4.75. The second kappa shape index (κ2) is 3.91. The van der Waals surface area contributed by atoms with E-state index >= 15 is 0 Å². The number of carboxylic acid groups (broad SMARTS) is 1. The van der Waals surface area contributed by atoms with Gasteiger partial charge in [-0.15, -0.1) is 0 Å². The van der Waals surface area contributed by atoms with Crippen LogP contribution in [0.2, 0.25) is 0 Å². The zero-order chi connectivity index (χ0) is 11.8. The normalized spacial score (nSPS) is 21.1. The fourth-order valence-electron chi connectivity index (χ4n) is 2.27. The predicted octanol–water partition coefficient (Wildman–Crippen LogP) is 1.94. The van der Waals surface area contributed by atoms with Crippen LogP contribution in [0.1, 0.15) is 19.4 Å². The minimum Gasteiger partial charge on any atom is -0.480 e. The number of nitrogens with zero attached hydrogens (tertiary/aromatic N) is 1. The molecule has 0 radical (unpaired) electrons. The molecule has 1 fully saturated rings. The van der Waals surface area contributed by atoms with Crippen LogP contribution >= 0.6 is 0 Å². The van der Waals surface area contributed by atoms with E-state index in [4.69, 9.17) is 0 Å². The molecule has 1 heterocycles. The largest absolute Gasteiger partial charge is 0.480 e. The summed E-state index contributed by atoms with van der Waals surface area (Å²) < 4.78 is 0. The summed E-state index contributed by atoms with van der Waals surface area (Å²) in [5.74, 6) is -0.173. The lowest BCUT2D eigenvalue weighted by Gasteiger charge is -2.47. The first-order valence-electron chi connectivity index (χ1n) is 5.59. The van der Waals surface area contributed by atoms with Crippen molar-refractivity contribution in [3.05, 3.63) is 35.9 Å². The predicted molar refractivity (Wildman–Crippen MR) is 62.2 cm³/mol. The third kappa shape index (κ3) is 1.61. The minimum absolute atomic E-state index is 0.599. The summed E-state index contributed by atoms with van der Waals surface area (Å²) in [5, 5.41) is 9.47. The molecule has 1 aliphatic rings. The summed E-state index contributed by atoms with van der Waals surface area (Å²) in [7, 11) is 0. The molecule has 1 atom stereocenters. The Hall–Kier alpha value is -1.35. The van der Waals surface area contributed by atoms with Gasteiger partial charge < -0.3 is 5.11 Å². The Balaban J connectivity index is 2.33. The zero-order valence-corrected chi connectivity index (χ0v) is 9.68. The highest BCUT2D eigenvalue weighted by molar-refractivity contribution is 5.80. The molecule has 0 aliphatic carbocycles. The quantitative estimate of drug-likeness (QED) is 0.844. The molecule has 3 heteroatoms. The van der Waals surface area contributed by atoms with E-state index in [0.717, 1.165) is 18.7 Å². The van der Waals surface area contributed by atoms with Crippen molar-refractivity contribution in [3.63, 3.8) is 0 Å². The average Bonchev–Trinajstić information content (AvgIpc) is 2.25. The molecule has 0 saturated carbocycles. The molecule has 1 saturated heterocycles. The van der Waals surface area contributed by atoms with Crippen LogP contribution in [0.4, 0.5) is 0 Å². The highest BCUT2D eigenvalue weighted by Gasteiger charge is 2.45. The van der Waals surface area contributed by atoms with Crippen molar-refractivity contribution < 1.29 is 9.90 Å². The fraction of sp³-hybridized carbons (Fsp3) is 0.462. The number of carboxylic acids is 1. The third-order valence-corrected chi connectivity index (χ3v) is 3.45. The number of rotatable bonds is 3. The summed E-state index contributed by atoms with van der Waals surface area (Å²) in [5.41, 5.74) is -0.0253. The smallest absolute Gasteiger partial charge is 0.328 e. The Bertz CT molecular complexity index is 384. The second-order valence-electron chi connectivity index (χ2n) is 4.75. The first-order chi connectivity index (χ1) is 7.55. The SMILES string of the molecule is CC1CN(C(C)(C(=O)O)c2ccccc2)C1. The molecule has 3 nitrogen and oxygen atoms in total. The molecule has 1 N–H and O–H groups in total. The number of hydrogen-bond acceptors (Lipinski definition) is 2. The van der Waals surface area contributed by atoms with Gasteiger partial charge >= 0.3 is 5.97 Å². The van der Waals surface area contributed by atoms with Gasteiger partial charge in [0.1, 0.15) is 5.54 Å². The lowest BCUT2D eigenvalue weighted by Crippen LogP contribution is -2.59. The molecular weight excluding hydrogens is 202 g/mol. The molecule has 1 unspecified atom stereocenters. The topological polar surface area (TPSA) is 40.5 Å². The van der Waals surface area contributed by atoms with Gasteiger partial charge in [-0.1, -0.05) is 37.3 Å². The lowest BCUT2D eigenvalue weighted by molar-refractivity contribution is -0.156. The van der Waals surface area contributed by atoms with E-state index in [1.54, 1.807) is 6.92 Å². The van der Waals surface area contributed by atoms with Gasteiger partial charge in [0, 0.05) is 13.1 Å². The van der Waals surface area contributed by atoms with E-state index in [1.165, 1.54) is 0 Å². The maximum atomic E-state index is 11.5. The molecule has 1 aromatic carbocycles. The van der Waals surface area contributed by atoms with Crippen LogP contribution in [0.3, 0.4) is 0 Å². The van der Waals surface area contributed by atoms with Crippen molar-refractivity contribution >= 4 is 5.97 Å². The summed E-state index contributed by atoms with van der Waals surface area (Å²) >= 11 is 0. The van der Waals surface area contributed by atoms with E-state index in [0.29, 0.717) is 5.92 Å². The maximum Gasteiger partial charge on any atom is 0.328 e. The van der Waals surface area contributed by atoms with Gasteiger partial charge in [-0.2, -0.15) is 0 Å². The van der Waals surface area contributed by atoms with Crippen molar-refractivity contribution in [1.29, 1.82) is 0 Å². The van der Waals surface area contributed by atoms with Gasteiger partial charge in [0.05, 0.1) is 0 Å². The number of aliphatic carboxylic acids is 1. The van der Waals surface area contributed by atoms with Gasteiger partial charge in [0.25, 0.3) is 0 Å². The van der Waals surface area contributed by atoms with Crippen LogP contribution in [0.15, 0.2) is 30.3 Å². The number of likely N-dealkylation sites (tertiary alicyclic amines) is 1. The van der Waals surface area contributed by atoms with Crippen LogP contribution in [0.5, 0.6) is 0 Å². The monoisotopic (exact) mass is 219 g/mol. The van der Waals surface area contributed by atoms with E-state index < -0.39 is 11.5 Å². The highest BCUT2D eigenvalue weighted by atomic mass is 16.4. The van der Waals surface area contributed by atoms with Crippen LogP contribution in [0.25, 0.3) is 0 Å². The van der Waals surface area contributed by atoms with Gasteiger partial charge in [-0.3, -0.25) is 4.90 Å². The van der Waals surface area contributed by atoms with Crippen molar-refractivity contribution in [3.8, 4) is 0 Å². The van der Waals surface area contributed by atoms with Gasteiger partial charge in [-0.25, -0.2) is 4.79 Å². The molecule has 16 heavy (non-hydrogen) atoms. The first-order valence-corrected chi connectivity index (χ1v) is 5.59. The standard InChI is InChI=1S/C13H17NO2/c1-10-8-14(9-10)13(2,12(15)16)11-6-4-3-5-7-11/h3-7,10H,8-9H2,1-2H3,(H,15,16). The summed E-state index contributed by atoms with van der Waals surface area (Å²) in [6.45, 7) is 5.65. The van der Waals surface area contributed by atoms with Crippen molar-refractivity contribution in [2.24, 2.45) is 5.92 Å². The molecule has 0 amide bonds. The molecule has 0 bridgehead atoms. The van der Waals surface area contributed by atoms with Crippen LogP contribution in [0, 0.1) is 5.92 Å². The minimum atomic E-state index is -0.881. The summed E-state index contributed by atoms with van der Waals surface area (Å²) in [6, 6.07) is 9.46. The lowest BCUT2D eigenvalue weighted by atomic mass is 9.85. The first kappa shape index (κ1) is 11.1. The number of carbonyl (C=O) groups is 1. The van der Waals surface area contributed by atoms with Crippen LogP contribution in [-0.4, -0.2) is 29.1 Å². The molecule has 0 spiro atoms. The zero-order valence-electron chi connectivity index (χ0n) is 9.68. The van der Waals surface area contributed by atoms with E-state index in [-0.39, 0.29) is 0 Å². The molecular formula is C13H17NO2. The average molecular weight is 219 g/mol. The van der Waals surface area contributed by atoms with E-state index in [1.807, 2.05) is 35.2 Å². The summed E-state index contributed by atoms with van der Waals surface area (Å²) in [6.07, 6.45) is 0. The fourth-order valence-corrected chi connectivity index (χ4v) is 2.27. The van der Waals surface area contributed by atoms with Crippen molar-refractivity contribution in [2.75, 3.05) is 13.1 Å². The molecule has 1 aromatic rings. The van der Waals surface area contributed by atoms with Crippen molar-refractivity contribution in [1.82, 2.24) is 4.90 Å². The van der Waals surface area contributed by atoms with Gasteiger partial charge in [-0.05, 0) is 18.4 Å². The Labute approximate surface area is 95.7 Å². The molecule has 2 rings (SSSR count). The van der Waals surface area contributed by atoms with Gasteiger partial charge in [0.2, 0.25) is 0 Å². The molecule has 86 valence electrons. The number of hydrogen-bond donors (Lipinski definition) is 1. The highest BCUT2D eigenvalue weighted by Crippen LogP contribution is 2.34.